The fraction of sp³-hybridized carbons (Fsp3) is 0.891. The molecule has 8 N–H and O–H groups in total. The maximum absolute atomic E-state index is 12.6. The Hall–Kier alpha value is -3.78. The fourth-order valence-corrected chi connectivity index (χ4v) is 9.23. The van der Waals surface area contributed by atoms with E-state index in [1.807, 2.05) is 14.1 Å². The quantitative estimate of drug-likeness (QED) is 0.0186. The minimum absolute atomic E-state index is 0.0801. The number of unbranched alkanes of at least 4 members (excludes halogenated alkanes) is 21. The summed E-state index contributed by atoms with van der Waals surface area (Å²) in [6.07, 6.45) is 11.0. The van der Waals surface area contributed by atoms with Crippen molar-refractivity contribution in [3.63, 3.8) is 0 Å². The first-order valence-corrected chi connectivity index (χ1v) is 28.9. The fourth-order valence-electron chi connectivity index (χ4n) is 9.23. The molecule has 2 aliphatic heterocycles. The van der Waals surface area contributed by atoms with Crippen molar-refractivity contribution in [3.05, 3.63) is 0 Å². The van der Waals surface area contributed by atoms with Gasteiger partial charge in [-0.15, -0.1) is 0 Å². The number of alkyl carbamates (subject to hydrolysis) is 1. The van der Waals surface area contributed by atoms with Gasteiger partial charge >= 0.3 is 30.0 Å². The van der Waals surface area contributed by atoms with E-state index in [2.05, 4.69) is 10.6 Å². The predicted molar refractivity (Wildman–Crippen MR) is 284 cm³/mol. The number of carbonyl (C=O) groups excluding carboxylic acids is 6. The van der Waals surface area contributed by atoms with Gasteiger partial charge in [-0.3, -0.25) is 19.2 Å². The maximum atomic E-state index is 12.6. The lowest BCUT2D eigenvalue weighted by Gasteiger charge is -2.47. The van der Waals surface area contributed by atoms with E-state index in [0.717, 1.165) is 155 Å². The van der Waals surface area contributed by atoms with Gasteiger partial charge in [0.15, 0.2) is 19.1 Å². The molecule has 0 radical (unpaired) electrons. The summed E-state index contributed by atoms with van der Waals surface area (Å²) >= 11 is 0. The van der Waals surface area contributed by atoms with Crippen molar-refractivity contribution < 1.29 is 102 Å². The lowest BCUT2D eigenvalue weighted by Crippen LogP contribution is -2.69. The standard InChI is InChI=1S/C55H99N3O20/c1-40(61)56-48-50(67)49(66)42(38-59)77-54(48)78-52-43(39-60)76-53(69)47(51(52)68)57-55(70)75-35-28-22-16-10-9-14-20-26-33-73-45(64)30-24-18-12-6-5-11-17-23-29-44(63)72-32-25-19-13-7-8-15-21-27-34-74-46(65)37-58(3,4)31-36-71-41(2)62/h42-43,47-54,59-60,66-69H,5-39H2,1-4H3,(H-,56,57,61,70)/p+1/t42?,43?,47-,48-,49+,50?,51?,52+,53+,54-/m1/s1. The molecule has 2 saturated heterocycles. The van der Waals surface area contributed by atoms with E-state index in [1.54, 1.807) is 0 Å². The Morgan fingerprint density at radius 3 is 1.32 bits per heavy atom. The molecule has 0 aromatic heterocycles. The molecule has 0 bridgehead atoms. The largest absolute Gasteiger partial charge is 0.466 e. The highest BCUT2D eigenvalue weighted by Gasteiger charge is 2.51. The Morgan fingerprint density at radius 2 is 0.885 bits per heavy atom. The molecule has 0 aliphatic carbocycles. The summed E-state index contributed by atoms with van der Waals surface area (Å²) in [5.41, 5.74) is 0. The minimum atomic E-state index is -1.77. The molecule has 23 nitrogen and oxygen atoms in total. The molecule has 78 heavy (non-hydrogen) atoms. The van der Waals surface area contributed by atoms with Gasteiger partial charge in [0.1, 0.15) is 61.9 Å². The van der Waals surface area contributed by atoms with Crippen LogP contribution in [0.25, 0.3) is 0 Å². The van der Waals surface area contributed by atoms with Crippen molar-refractivity contribution in [3.8, 4) is 0 Å². The van der Waals surface area contributed by atoms with Crippen LogP contribution in [0.15, 0.2) is 0 Å². The smallest absolute Gasteiger partial charge is 0.407 e. The first-order chi connectivity index (χ1) is 37.4. The van der Waals surface area contributed by atoms with Crippen molar-refractivity contribution in [2.45, 2.75) is 242 Å². The van der Waals surface area contributed by atoms with Crippen LogP contribution in [0.5, 0.6) is 0 Å². The zero-order chi connectivity index (χ0) is 57.6. The van der Waals surface area contributed by atoms with Crippen LogP contribution in [0.3, 0.4) is 0 Å². The third-order valence-corrected chi connectivity index (χ3v) is 13.9. The number of quaternary nitrogens is 1. The van der Waals surface area contributed by atoms with Gasteiger partial charge < -0.3 is 83.7 Å². The summed E-state index contributed by atoms with van der Waals surface area (Å²) in [5.74, 6) is -1.43. The van der Waals surface area contributed by atoms with Gasteiger partial charge in [-0.25, -0.2) is 9.59 Å². The van der Waals surface area contributed by atoms with Crippen LogP contribution in [0, 0.1) is 0 Å². The second-order valence-corrected chi connectivity index (χ2v) is 21.4. The van der Waals surface area contributed by atoms with Crippen LogP contribution in [-0.2, 0) is 61.9 Å². The van der Waals surface area contributed by atoms with Crippen LogP contribution >= 0.6 is 0 Å². The zero-order valence-electron chi connectivity index (χ0n) is 47.4. The molecule has 0 spiro atoms. The Morgan fingerprint density at radius 1 is 0.462 bits per heavy atom. The van der Waals surface area contributed by atoms with Crippen molar-refractivity contribution in [2.75, 3.05) is 73.4 Å². The molecule has 2 aliphatic rings. The van der Waals surface area contributed by atoms with Crippen LogP contribution in [0.4, 0.5) is 4.79 Å². The molecule has 454 valence electrons. The molecule has 4 unspecified atom stereocenters. The predicted octanol–water partition coefficient (Wildman–Crippen LogP) is 3.89. The van der Waals surface area contributed by atoms with Gasteiger partial charge in [0, 0.05) is 26.7 Å². The SMILES string of the molecule is CC(=O)N[C@@H]1C(O)[C@@H](O)C(CO)O[C@@H]1O[C@H]1C(CO)O[C@H](O)[C@H](NC(=O)OCCCCCCCCCCOC(=O)CCCCCCCCCCC(=O)OCCCCCCCCCCOC(=O)C[N+](C)(C)CCOC(C)=O)C1O. The third-order valence-electron chi connectivity index (χ3n) is 13.9. The topological polar surface area (TPSA) is 322 Å². The molecule has 2 amide bonds. The molecular weight excluding hydrogens is 1020 g/mol. The number of carbonyl (C=O) groups is 6. The Labute approximate surface area is 462 Å². The molecule has 0 saturated carbocycles. The summed E-state index contributed by atoms with van der Waals surface area (Å²) in [7, 11) is 3.81. The summed E-state index contributed by atoms with van der Waals surface area (Å²) < 4.78 is 43.6. The van der Waals surface area contributed by atoms with E-state index >= 15 is 0 Å². The second-order valence-electron chi connectivity index (χ2n) is 21.4. The normalized spacial score (nSPS) is 23.3. The lowest BCUT2D eigenvalue weighted by atomic mass is 9.94. The van der Waals surface area contributed by atoms with Gasteiger partial charge in [0.25, 0.3) is 0 Å². The molecular formula is C55H100N3O20+. The monoisotopic (exact) mass is 1120 g/mol. The maximum Gasteiger partial charge on any atom is 0.407 e. The van der Waals surface area contributed by atoms with Gasteiger partial charge in [0.2, 0.25) is 5.91 Å². The number of amides is 2. The van der Waals surface area contributed by atoms with Gasteiger partial charge in [-0.1, -0.05) is 116 Å². The van der Waals surface area contributed by atoms with E-state index < -0.39 is 86.5 Å². The summed E-state index contributed by atoms with van der Waals surface area (Å²) in [6.45, 7) is 3.55. The Balaban J connectivity index is 1.36. The van der Waals surface area contributed by atoms with E-state index in [9.17, 15) is 59.4 Å². The number of ether oxygens (including phenoxy) is 8. The first kappa shape index (κ1) is 70.3. The molecule has 0 aromatic rings. The van der Waals surface area contributed by atoms with Gasteiger partial charge in [-0.2, -0.15) is 0 Å². The zero-order valence-corrected chi connectivity index (χ0v) is 47.4. The van der Waals surface area contributed by atoms with Crippen molar-refractivity contribution in [2.24, 2.45) is 0 Å². The average molecular weight is 1120 g/mol. The molecule has 23 heteroatoms. The summed E-state index contributed by atoms with van der Waals surface area (Å²) in [4.78, 5) is 71.8. The number of aliphatic hydroxyl groups is 6. The van der Waals surface area contributed by atoms with E-state index in [0.29, 0.717) is 50.1 Å². The number of likely N-dealkylation sites (N-methyl/N-ethyl adjacent to an activating group) is 1. The Bertz CT molecular complexity index is 1660. The van der Waals surface area contributed by atoms with E-state index in [1.165, 1.54) is 6.92 Å². The highest BCUT2D eigenvalue weighted by atomic mass is 16.7. The highest BCUT2D eigenvalue weighted by molar-refractivity contribution is 5.73. The van der Waals surface area contributed by atoms with Crippen molar-refractivity contribution >= 4 is 35.9 Å². The molecule has 0 aromatic carbocycles. The molecule has 10 atom stereocenters. The third kappa shape index (κ3) is 31.9. The van der Waals surface area contributed by atoms with Crippen LogP contribution in [-0.4, -0.2) is 206 Å². The Kier molecular flexibility index (Phi) is 38.0. The van der Waals surface area contributed by atoms with Crippen molar-refractivity contribution in [1.82, 2.24) is 10.6 Å². The van der Waals surface area contributed by atoms with Crippen LogP contribution in [0.2, 0.25) is 0 Å². The summed E-state index contributed by atoms with van der Waals surface area (Å²) in [5, 5.41) is 66.8. The average Bonchev–Trinajstić information content (AvgIpc) is 3.47. The number of aliphatic hydroxyl groups excluding tert-OH is 6. The van der Waals surface area contributed by atoms with E-state index in [4.69, 9.17) is 37.9 Å². The van der Waals surface area contributed by atoms with Gasteiger partial charge in [-0.05, 0) is 38.5 Å². The number of hydrogen-bond donors (Lipinski definition) is 8. The van der Waals surface area contributed by atoms with Crippen LogP contribution < -0.4 is 10.6 Å². The molecule has 2 rings (SSSR count). The second kappa shape index (κ2) is 42.1. The minimum Gasteiger partial charge on any atom is -0.466 e. The van der Waals surface area contributed by atoms with E-state index in [-0.39, 0.29) is 43.6 Å². The number of nitrogens with zero attached hydrogens (tertiary/aromatic N) is 1. The highest BCUT2D eigenvalue weighted by Crippen LogP contribution is 2.29. The molecule has 2 fully saturated rings. The van der Waals surface area contributed by atoms with Crippen molar-refractivity contribution in [1.29, 1.82) is 0 Å². The molecule has 2 heterocycles. The lowest BCUT2D eigenvalue weighted by molar-refractivity contribution is -0.883. The number of rotatable bonds is 44. The number of esters is 4. The van der Waals surface area contributed by atoms with Crippen LogP contribution in [0.1, 0.15) is 181 Å². The van der Waals surface area contributed by atoms with Gasteiger partial charge in [0.05, 0.1) is 53.7 Å². The summed E-state index contributed by atoms with van der Waals surface area (Å²) in [6, 6.07) is -2.83. The number of nitrogens with one attached hydrogen (secondary N) is 2. The first-order valence-electron chi connectivity index (χ1n) is 28.9. The number of hydrogen-bond acceptors (Lipinski definition) is 20.